The smallest absolute Gasteiger partial charge is 0.306 e. The van der Waals surface area contributed by atoms with Gasteiger partial charge in [0, 0.05) is 19.3 Å². The molecule has 328 valence electrons. The van der Waals surface area contributed by atoms with Crippen LogP contribution in [0.4, 0.5) is 0 Å². The van der Waals surface area contributed by atoms with Gasteiger partial charge in [-0.2, -0.15) is 0 Å². The molecule has 0 aromatic carbocycles. The van der Waals surface area contributed by atoms with Crippen molar-refractivity contribution in [2.75, 3.05) is 13.2 Å². The number of allylic oxidation sites excluding steroid dienone is 10. The lowest BCUT2D eigenvalue weighted by atomic mass is 10.1. The third-order valence-electron chi connectivity index (χ3n) is 9.93. The predicted octanol–water partition coefficient (Wildman–Crippen LogP) is 15.3. The van der Waals surface area contributed by atoms with Crippen LogP contribution in [0.25, 0.3) is 0 Å². The molecule has 0 aromatic heterocycles. The van der Waals surface area contributed by atoms with Crippen molar-refractivity contribution in [2.24, 2.45) is 0 Å². The van der Waals surface area contributed by atoms with Gasteiger partial charge in [0.25, 0.3) is 0 Å². The van der Waals surface area contributed by atoms with Gasteiger partial charge in [-0.25, -0.2) is 0 Å². The van der Waals surface area contributed by atoms with E-state index in [0.717, 1.165) is 122 Å². The largest absolute Gasteiger partial charge is 0.462 e. The van der Waals surface area contributed by atoms with E-state index in [2.05, 4.69) is 81.5 Å². The van der Waals surface area contributed by atoms with Gasteiger partial charge in [-0.15, -0.1) is 0 Å². The Balaban J connectivity index is 4.41. The third kappa shape index (κ3) is 44.1. The Morgan fingerprint density at radius 3 is 1.07 bits per heavy atom. The Labute approximate surface area is 351 Å². The topological polar surface area (TPSA) is 78.9 Å². The van der Waals surface area contributed by atoms with E-state index >= 15 is 0 Å². The van der Waals surface area contributed by atoms with Crippen LogP contribution in [-0.2, 0) is 28.6 Å². The van der Waals surface area contributed by atoms with Crippen LogP contribution >= 0.6 is 0 Å². The monoisotopic (exact) mass is 797 g/mol. The van der Waals surface area contributed by atoms with Crippen molar-refractivity contribution in [3.63, 3.8) is 0 Å². The van der Waals surface area contributed by atoms with Crippen molar-refractivity contribution in [2.45, 2.75) is 232 Å². The Kier molecular flexibility index (Phi) is 43.5. The summed E-state index contributed by atoms with van der Waals surface area (Å²) in [6, 6.07) is 0. The molecule has 0 N–H and O–H groups in total. The van der Waals surface area contributed by atoms with E-state index in [0.29, 0.717) is 19.3 Å². The fourth-order valence-corrected chi connectivity index (χ4v) is 6.33. The average molecular weight is 797 g/mol. The maximum Gasteiger partial charge on any atom is 0.306 e. The van der Waals surface area contributed by atoms with Crippen LogP contribution < -0.4 is 0 Å². The summed E-state index contributed by atoms with van der Waals surface area (Å²) < 4.78 is 16.7. The molecule has 0 radical (unpaired) electrons. The molecule has 1 atom stereocenters. The fraction of sp³-hybridized carbons (Fsp3) is 0.745. The van der Waals surface area contributed by atoms with E-state index in [-0.39, 0.29) is 31.1 Å². The normalized spacial score (nSPS) is 12.5. The van der Waals surface area contributed by atoms with Crippen molar-refractivity contribution in [3.05, 3.63) is 60.8 Å². The molecule has 0 aromatic rings. The minimum Gasteiger partial charge on any atom is -0.462 e. The minimum absolute atomic E-state index is 0.0896. The van der Waals surface area contributed by atoms with Crippen LogP contribution in [0.1, 0.15) is 226 Å². The molecular formula is C51H88O6. The van der Waals surface area contributed by atoms with Crippen LogP contribution in [0, 0.1) is 0 Å². The van der Waals surface area contributed by atoms with Crippen LogP contribution in [0.5, 0.6) is 0 Å². The summed E-state index contributed by atoms with van der Waals surface area (Å²) in [4.78, 5) is 37.8. The summed E-state index contributed by atoms with van der Waals surface area (Å²) >= 11 is 0. The molecule has 6 heteroatoms. The zero-order valence-electron chi connectivity index (χ0n) is 37.3. The molecule has 6 nitrogen and oxygen atoms in total. The van der Waals surface area contributed by atoms with Crippen molar-refractivity contribution in [3.8, 4) is 0 Å². The molecule has 0 aliphatic rings. The van der Waals surface area contributed by atoms with Crippen molar-refractivity contribution in [1.82, 2.24) is 0 Å². The zero-order valence-corrected chi connectivity index (χ0v) is 37.3. The highest BCUT2D eigenvalue weighted by Crippen LogP contribution is 2.13. The average Bonchev–Trinajstić information content (AvgIpc) is 3.21. The summed E-state index contributed by atoms with van der Waals surface area (Å²) in [6.45, 7) is 6.45. The molecule has 1 unspecified atom stereocenters. The molecular weight excluding hydrogens is 709 g/mol. The van der Waals surface area contributed by atoms with Gasteiger partial charge in [-0.3, -0.25) is 14.4 Å². The van der Waals surface area contributed by atoms with Gasteiger partial charge in [-0.05, 0) is 96.3 Å². The second kappa shape index (κ2) is 45.8. The first-order valence-electron chi connectivity index (χ1n) is 23.8. The quantitative estimate of drug-likeness (QED) is 0.0265. The standard InChI is InChI=1S/C51H88O6/c1-4-7-10-13-16-19-22-24-25-26-28-29-32-35-38-41-44-50(53)56-47-48(46-55-49(52)43-40-37-34-31-21-18-15-12-9-6-3)57-51(54)45-42-39-36-33-30-27-23-20-17-14-11-8-5-2/h11-12,14-15,19-20,22-23,25-26,48H,4-10,13,16-18,21,24,27-47H2,1-3H3/b14-11-,15-12-,22-19-,23-20-,26-25-. The van der Waals surface area contributed by atoms with Gasteiger partial charge in [0.15, 0.2) is 6.10 Å². The number of esters is 3. The molecule has 0 aliphatic heterocycles. The maximum absolute atomic E-state index is 12.7. The minimum atomic E-state index is -0.788. The molecule has 0 saturated heterocycles. The zero-order chi connectivity index (χ0) is 41.5. The number of ether oxygens (including phenoxy) is 3. The van der Waals surface area contributed by atoms with E-state index in [1.165, 1.54) is 64.2 Å². The first-order valence-corrected chi connectivity index (χ1v) is 23.8. The molecule has 0 bridgehead atoms. The van der Waals surface area contributed by atoms with Gasteiger partial charge in [0.1, 0.15) is 13.2 Å². The summed E-state index contributed by atoms with van der Waals surface area (Å²) in [5, 5.41) is 0. The number of hydrogen-bond donors (Lipinski definition) is 0. The number of carbonyl (C=O) groups excluding carboxylic acids is 3. The number of rotatable bonds is 42. The molecule has 57 heavy (non-hydrogen) atoms. The lowest BCUT2D eigenvalue weighted by molar-refractivity contribution is -0.167. The van der Waals surface area contributed by atoms with Crippen molar-refractivity contribution >= 4 is 17.9 Å². The molecule has 0 spiro atoms. The first-order chi connectivity index (χ1) is 28.0. The highest BCUT2D eigenvalue weighted by Gasteiger charge is 2.19. The summed E-state index contributed by atoms with van der Waals surface area (Å²) in [5.41, 5.74) is 0. The van der Waals surface area contributed by atoms with Crippen LogP contribution in [-0.4, -0.2) is 37.2 Å². The molecule has 0 heterocycles. The van der Waals surface area contributed by atoms with Crippen molar-refractivity contribution < 1.29 is 28.6 Å². The number of carbonyl (C=O) groups is 3. The summed E-state index contributed by atoms with van der Waals surface area (Å²) in [7, 11) is 0. The van der Waals surface area contributed by atoms with Gasteiger partial charge in [0.05, 0.1) is 0 Å². The van der Waals surface area contributed by atoms with E-state index in [1.807, 2.05) is 0 Å². The highest BCUT2D eigenvalue weighted by molar-refractivity contribution is 5.71. The van der Waals surface area contributed by atoms with Crippen LogP contribution in [0.3, 0.4) is 0 Å². The highest BCUT2D eigenvalue weighted by atomic mass is 16.6. The first kappa shape index (κ1) is 54.1. The van der Waals surface area contributed by atoms with Crippen molar-refractivity contribution in [1.29, 1.82) is 0 Å². The van der Waals surface area contributed by atoms with Gasteiger partial charge >= 0.3 is 17.9 Å². The molecule has 0 fully saturated rings. The second-order valence-corrected chi connectivity index (χ2v) is 15.7. The van der Waals surface area contributed by atoms with Crippen LogP contribution in [0.15, 0.2) is 60.8 Å². The van der Waals surface area contributed by atoms with E-state index < -0.39 is 6.10 Å². The number of unbranched alkanes of at least 4 members (excludes halogenated alkanes) is 21. The molecule has 0 saturated carbocycles. The van der Waals surface area contributed by atoms with Gasteiger partial charge in [0.2, 0.25) is 0 Å². The molecule has 0 amide bonds. The van der Waals surface area contributed by atoms with Crippen LogP contribution in [0.2, 0.25) is 0 Å². The summed E-state index contributed by atoms with van der Waals surface area (Å²) in [6.07, 6.45) is 54.9. The van der Waals surface area contributed by atoms with Gasteiger partial charge < -0.3 is 14.2 Å². The van der Waals surface area contributed by atoms with E-state index in [4.69, 9.17) is 14.2 Å². The Bertz CT molecular complexity index is 1050. The Hall–Kier alpha value is -2.89. The fourth-order valence-electron chi connectivity index (χ4n) is 6.33. The maximum atomic E-state index is 12.7. The summed E-state index contributed by atoms with van der Waals surface area (Å²) in [5.74, 6) is -0.930. The third-order valence-corrected chi connectivity index (χ3v) is 9.93. The predicted molar refractivity (Wildman–Crippen MR) is 242 cm³/mol. The lowest BCUT2D eigenvalue weighted by Gasteiger charge is -2.18. The van der Waals surface area contributed by atoms with Gasteiger partial charge in [-0.1, -0.05) is 171 Å². The molecule has 0 rings (SSSR count). The molecule has 0 aliphatic carbocycles. The lowest BCUT2D eigenvalue weighted by Crippen LogP contribution is -2.30. The SMILES string of the molecule is CCC/C=C\C/C=C\CCCCCCCC(=O)OC(COC(=O)CCCCCCC/C=C\C/C=C\CCCCCC)COC(=O)CCCCCCC/C=C\CCC. The van der Waals surface area contributed by atoms with E-state index in [9.17, 15) is 14.4 Å². The Morgan fingerprint density at radius 2 is 0.667 bits per heavy atom. The Morgan fingerprint density at radius 1 is 0.351 bits per heavy atom. The number of hydrogen-bond acceptors (Lipinski definition) is 6. The van der Waals surface area contributed by atoms with E-state index in [1.54, 1.807) is 0 Å². The second-order valence-electron chi connectivity index (χ2n) is 15.7.